The average molecular weight is 331 g/mol. The van der Waals surface area contributed by atoms with Crippen LogP contribution in [-0.4, -0.2) is 24.3 Å². The predicted octanol–water partition coefficient (Wildman–Crippen LogP) is 4.47. The molecule has 1 atom stereocenters. The minimum atomic E-state index is -0.457. The second-order valence-electron chi connectivity index (χ2n) is 7.31. The topological polar surface area (TPSA) is 46.6 Å². The third-order valence-corrected chi connectivity index (χ3v) is 4.35. The SMILES string of the molecule is CCCC(=O)c1ccc2c(c1)N(CCC(C)C)C(=O)C(C(C)C)O2. The minimum absolute atomic E-state index is 0.00163. The highest BCUT2D eigenvalue weighted by molar-refractivity contribution is 6.03. The van der Waals surface area contributed by atoms with Gasteiger partial charge in [-0.05, 0) is 42.9 Å². The molecule has 0 N–H and O–H groups in total. The van der Waals surface area contributed by atoms with Gasteiger partial charge in [-0.15, -0.1) is 0 Å². The first-order valence-electron chi connectivity index (χ1n) is 9.00. The number of carbonyl (C=O) groups is 2. The lowest BCUT2D eigenvalue weighted by molar-refractivity contribution is -0.128. The number of benzene rings is 1. The molecule has 2 rings (SSSR count). The van der Waals surface area contributed by atoms with E-state index in [0.29, 0.717) is 30.2 Å². The third kappa shape index (κ3) is 3.97. The lowest BCUT2D eigenvalue weighted by atomic mass is 10.00. The van der Waals surface area contributed by atoms with Crippen molar-refractivity contribution in [3.63, 3.8) is 0 Å². The number of anilines is 1. The van der Waals surface area contributed by atoms with Gasteiger partial charge in [0.2, 0.25) is 0 Å². The van der Waals surface area contributed by atoms with Gasteiger partial charge < -0.3 is 9.64 Å². The first kappa shape index (κ1) is 18.5. The van der Waals surface area contributed by atoms with E-state index in [1.165, 1.54) is 0 Å². The van der Waals surface area contributed by atoms with E-state index < -0.39 is 6.10 Å². The van der Waals surface area contributed by atoms with Crippen LogP contribution >= 0.6 is 0 Å². The summed E-state index contributed by atoms with van der Waals surface area (Å²) in [4.78, 5) is 26.9. The molecule has 24 heavy (non-hydrogen) atoms. The fraction of sp³-hybridized carbons (Fsp3) is 0.600. The Morgan fingerprint density at radius 1 is 1.25 bits per heavy atom. The number of ether oxygens (including phenoxy) is 1. The van der Waals surface area contributed by atoms with Crippen LogP contribution in [0.25, 0.3) is 0 Å². The van der Waals surface area contributed by atoms with Gasteiger partial charge in [-0.1, -0.05) is 34.6 Å². The molecule has 4 nitrogen and oxygen atoms in total. The van der Waals surface area contributed by atoms with E-state index in [1.54, 1.807) is 0 Å². The van der Waals surface area contributed by atoms with Crippen molar-refractivity contribution in [2.45, 2.75) is 60.0 Å². The van der Waals surface area contributed by atoms with Crippen LogP contribution in [0.5, 0.6) is 5.75 Å². The summed E-state index contributed by atoms with van der Waals surface area (Å²) in [6, 6.07) is 5.47. The molecule has 0 saturated heterocycles. The summed E-state index contributed by atoms with van der Waals surface area (Å²) >= 11 is 0. The van der Waals surface area contributed by atoms with E-state index in [-0.39, 0.29) is 17.6 Å². The normalized spacial score (nSPS) is 17.2. The molecule has 1 aliphatic rings. The zero-order chi connectivity index (χ0) is 17.9. The number of carbonyl (C=O) groups excluding carboxylic acids is 2. The van der Waals surface area contributed by atoms with Gasteiger partial charge in [0.05, 0.1) is 5.69 Å². The van der Waals surface area contributed by atoms with Gasteiger partial charge in [0, 0.05) is 18.5 Å². The molecule has 4 heteroatoms. The van der Waals surface area contributed by atoms with E-state index in [4.69, 9.17) is 4.74 Å². The molecular weight excluding hydrogens is 302 g/mol. The summed E-state index contributed by atoms with van der Waals surface area (Å²) < 4.78 is 5.93. The molecule has 1 aromatic carbocycles. The van der Waals surface area contributed by atoms with Crippen LogP contribution < -0.4 is 9.64 Å². The second-order valence-corrected chi connectivity index (χ2v) is 7.31. The molecule has 0 fully saturated rings. The summed E-state index contributed by atoms with van der Waals surface area (Å²) in [6.07, 6.45) is 1.80. The quantitative estimate of drug-likeness (QED) is 0.693. The smallest absolute Gasteiger partial charge is 0.268 e. The molecule has 0 radical (unpaired) electrons. The van der Waals surface area contributed by atoms with Crippen molar-refractivity contribution in [3.8, 4) is 5.75 Å². The number of Topliss-reactive ketones (excluding diaryl/α,β-unsaturated/α-hetero) is 1. The van der Waals surface area contributed by atoms with Crippen molar-refractivity contribution in [2.24, 2.45) is 11.8 Å². The molecule has 0 bridgehead atoms. The van der Waals surface area contributed by atoms with Crippen molar-refractivity contribution in [2.75, 3.05) is 11.4 Å². The summed E-state index contributed by atoms with van der Waals surface area (Å²) in [6.45, 7) is 10.9. The molecule has 0 spiro atoms. The lowest BCUT2D eigenvalue weighted by Gasteiger charge is -2.36. The van der Waals surface area contributed by atoms with E-state index in [0.717, 1.165) is 18.5 Å². The maximum absolute atomic E-state index is 12.9. The molecule has 1 aliphatic heterocycles. The van der Waals surface area contributed by atoms with Crippen molar-refractivity contribution < 1.29 is 14.3 Å². The zero-order valence-electron chi connectivity index (χ0n) is 15.5. The molecule has 0 saturated carbocycles. The molecule has 1 amide bonds. The van der Waals surface area contributed by atoms with Gasteiger partial charge in [0.25, 0.3) is 5.91 Å². The van der Waals surface area contributed by atoms with Crippen LogP contribution in [0.2, 0.25) is 0 Å². The van der Waals surface area contributed by atoms with E-state index >= 15 is 0 Å². The fourth-order valence-corrected chi connectivity index (χ4v) is 2.87. The number of nitrogens with zero attached hydrogens (tertiary/aromatic N) is 1. The van der Waals surface area contributed by atoms with E-state index in [9.17, 15) is 9.59 Å². The summed E-state index contributed by atoms with van der Waals surface area (Å²) in [5, 5.41) is 0. The molecule has 0 aromatic heterocycles. The Labute approximate surface area is 145 Å². The van der Waals surface area contributed by atoms with Gasteiger partial charge in [0.1, 0.15) is 5.75 Å². The largest absolute Gasteiger partial charge is 0.478 e. The van der Waals surface area contributed by atoms with Gasteiger partial charge in [0.15, 0.2) is 11.9 Å². The third-order valence-electron chi connectivity index (χ3n) is 4.35. The van der Waals surface area contributed by atoms with Crippen molar-refractivity contribution in [3.05, 3.63) is 23.8 Å². The lowest BCUT2D eigenvalue weighted by Crippen LogP contribution is -2.49. The number of hydrogen-bond donors (Lipinski definition) is 0. The van der Waals surface area contributed by atoms with Gasteiger partial charge in [-0.25, -0.2) is 0 Å². The second kappa shape index (κ2) is 7.82. The number of hydrogen-bond acceptors (Lipinski definition) is 3. The molecular formula is C20H29NO3. The predicted molar refractivity (Wildman–Crippen MR) is 96.7 cm³/mol. The Balaban J connectivity index is 2.39. The number of amides is 1. The first-order valence-corrected chi connectivity index (χ1v) is 9.00. The van der Waals surface area contributed by atoms with E-state index in [1.807, 2.05) is 43.9 Å². The summed E-state index contributed by atoms with van der Waals surface area (Å²) in [5.74, 6) is 1.42. The minimum Gasteiger partial charge on any atom is -0.478 e. The van der Waals surface area contributed by atoms with Crippen molar-refractivity contribution in [1.82, 2.24) is 0 Å². The van der Waals surface area contributed by atoms with Crippen LogP contribution in [0.1, 0.15) is 64.2 Å². The average Bonchev–Trinajstić information content (AvgIpc) is 2.52. The number of fused-ring (bicyclic) bond motifs is 1. The Morgan fingerprint density at radius 2 is 1.96 bits per heavy atom. The van der Waals surface area contributed by atoms with Gasteiger partial charge >= 0.3 is 0 Å². The Hall–Kier alpha value is -1.84. The summed E-state index contributed by atoms with van der Waals surface area (Å²) in [5.41, 5.74) is 1.39. The Bertz CT molecular complexity index is 607. The van der Waals surface area contributed by atoms with Crippen molar-refractivity contribution in [1.29, 1.82) is 0 Å². The molecule has 0 aliphatic carbocycles. The highest BCUT2D eigenvalue weighted by Crippen LogP contribution is 2.37. The standard InChI is InChI=1S/C20H29NO3/c1-6-7-17(22)15-8-9-18-16(12-15)21(11-10-13(2)3)20(23)19(24-18)14(4)5/h8-9,12-14,19H,6-7,10-11H2,1-5H3. The van der Waals surface area contributed by atoms with Crippen molar-refractivity contribution >= 4 is 17.4 Å². The van der Waals surface area contributed by atoms with Gasteiger partial charge in [-0.2, -0.15) is 0 Å². The van der Waals surface area contributed by atoms with Crippen LogP contribution in [0.15, 0.2) is 18.2 Å². The highest BCUT2D eigenvalue weighted by atomic mass is 16.5. The van der Waals surface area contributed by atoms with E-state index in [2.05, 4.69) is 13.8 Å². The number of ketones is 1. The maximum Gasteiger partial charge on any atom is 0.268 e. The fourth-order valence-electron chi connectivity index (χ4n) is 2.87. The summed E-state index contributed by atoms with van der Waals surface area (Å²) in [7, 11) is 0. The van der Waals surface area contributed by atoms with Crippen LogP contribution in [-0.2, 0) is 4.79 Å². The molecule has 132 valence electrons. The Kier molecular flexibility index (Phi) is 6.03. The molecule has 1 heterocycles. The van der Waals surface area contributed by atoms with Crippen LogP contribution in [0, 0.1) is 11.8 Å². The highest BCUT2D eigenvalue weighted by Gasteiger charge is 2.36. The maximum atomic E-state index is 12.9. The van der Waals surface area contributed by atoms with Crippen LogP contribution in [0.3, 0.4) is 0 Å². The van der Waals surface area contributed by atoms with Crippen LogP contribution in [0.4, 0.5) is 5.69 Å². The molecule has 1 aromatic rings. The van der Waals surface area contributed by atoms with Gasteiger partial charge in [-0.3, -0.25) is 9.59 Å². The molecule has 1 unspecified atom stereocenters. The zero-order valence-corrected chi connectivity index (χ0v) is 15.5. The first-order chi connectivity index (χ1) is 11.3. The number of rotatable bonds is 7. The Morgan fingerprint density at radius 3 is 2.54 bits per heavy atom. The monoisotopic (exact) mass is 331 g/mol.